The summed E-state index contributed by atoms with van der Waals surface area (Å²) in [6, 6.07) is 0. The third kappa shape index (κ3) is 3.17. The van der Waals surface area contributed by atoms with Crippen LogP contribution in [-0.2, 0) is 9.59 Å². The summed E-state index contributed by atoms with van der Waals surface area (Å²) >= 11 is 0. The van der Waals surface area contributed by atoms with Crippen LogP contribution in [0.4, 0.5) is 0 Å². The molecule has 0 aliphatic carbocycles. The Morgan fingerprint density at radius 3 is 2.59 bits per heavy atom. The molecule has 2 saturated heterocycles. The van der Waals surface area contributed by atoms with Crippen molar-refractivity contribution in [1.29, 1.82) is 0 Å². The third-order valence-electron chi connectivity index (χ3n) is 3.37. The van der Waals surface area contributed by atoms with Crippen LogP contribution in [0.5, 0.6) is 0 Å². The van der Waals surface area contributed by atoms with E-state index in [0.29, 0.717) is 13.1 Å². The number of amides is 2. The van der Waals surface area contributed by atoms with Gasteiger partial charge in [0.25, 0.3) is 0 Å². The summed E-state index contributed by atoms with van der Waals surface area (Å²) in [7, 11) is 2.06. The van der Waals surface area contributed by atoms with Crippen molar-refractivity contribution in [3.05, 3.63) is 0 Å². The number of nitrogens with one attached hydrogen (secondary N) is 1. The zero-order valence-electron chi connectivity index (χ0n) is 10.3. The first-order valence-corrected chi connectivity index (χ1v) is 6.11. The monoisotopic (exact) mass is 240 g/mol. The minimum atomic E-state index is 0.0266. The van der Waals surface area contributed by atoms with E-state index >= 15 is 0 Å². The fourth-order valence-electron chi connectivity index (χ4n) is 2.13. The van der Waals surface area contributed by atoms with E-state index in [9.17, 15) is 9.59 Å². The van der Waals surface area contributed by atoms with Gasteiger partial charge in [-0.05, 0) is 7.05 Å². The van der Waals surface area contributed by atoms with Crippen molar-refractivity contribution in [2.45, 2.75) is 0 Å². The molecule has 0 atom stereocenters. The highest BCUT2D eigenvalue weighted by Gasteiger charge is 2.24. The zero-order chi connectivity index (χ0) is 12.3. The van der Waals surface area contributed by atoms with Gasteiger partial charge in [-0.2, -0.15) is 0 Å². The molecule has 2 aliphatic rings. The van der Waals surface area contributed by atoms with Crippen LogP contribution in [0, 0.1) is 0 Å². The molecule has 1 N–H and O–H groups in total. The van der Waals surface area contributed by atoms with E-state index in [1.165, 1.54) is 0 Å². The number of rotatable bonds is 2. The van der Waals surface area contributed by atoms with E-state index in [-0.39, 0.29) is 18.4 Å². The molecule has 0 bridgehead atoms. The highest BCUT2D eigenvalue weighted by molar-refractivity contribution is 5.86. The first-order valence-electron chi connectivity index (χ1n) is 6.11. The molecule has 2 aliphatic heterocycles. The standard InChI is InChI=1S/C11H20N4O2/c1-13-4-6-14(7-5-13)11(17)9-15-3-2-12-8-10(15)16/h12H,2-9H2,1H3. The summed E-state index contributed by atoms with van der Waals surface area (Å²) in [6.45, 7) is 5.40. The van der Waals surface area contributed by atoms with Crippen molar-refractivity contribution in [2.75, 3.05) is 59.4 Å². The molecular weight excluding hydrogens is 220 g/mol. The van der Waals surface area contributed by atoms with E-state index in [0.717, 1.165) is 32.7 Å². The fourth-order valence-corrected chi connectivity index (χ4v) is 2.13. The molecule has 0 aromatic rings. The Balaban J connectivity index is 1.82. The number of hydrogen-bond acceptors (Lipinski definition) is 4. The SMILES string of the molecule is CN1CCN(C(=O)CN2CCNCC2=O)CC1. The molecule has 6 nitrogen and oxygen atoms in total. The molecule has 2 amide bonds. The van der Waals surface area contributed by atoms with Crippen molar-refractivity contribution < 1.29 is 9.59 Å². The van der Waals surface area contributed by atoms with E-state index in [4.69, 9.17) is 0 Å². The van der Waals surface area contributed by atoms with Crippen LogP contribution in [0.2, 0.25) is 0 Å². The molecule has 2 heterocycles. The third-order valence-corrected chi connectivity index (χ3v) is 3.37. The van der Waals surface area contributed by atoms with Crippen LogP contribution in [0.1, 0.15) is 0 Å². The van der Waals surface area contributed by atoms with Crippen molar-refractivity contribution >= 4 is 11.8 Å². The van der Waals surface area contributed by atoms with Crippen molar-refractivity contribution in [3.63, 3.8) is 0 Å². The predicted octanol–water partition coefficient (Wildman–Crippen LogP) is -1.81. The van der Waals surface area contributed by atoms with Gasteiger partial charge >= 0.3 is 0 Å². The largest absolute Gasteiger partial charge is 0.339 e. The lowest BCUT2D eigenvalue weighted by Gasteiger charge is -2.34. The average molecular weight is 240 g/mol. The number of nitrogens with zero attached hydrogens (tertiary/aromatic N) is 3. The maximum atomic E-state index is 12.0. The van der Waals surface area contributed by atoms with Crippen molar-refractivity contribution in [2.24, 2.45) is 0 Å². The summed E-state index contributed by atoms with van der Waals surface area (Å²) in [4.78, 5) is 29.3. The van der Waals surface area contributed by atoms with E-state index in [2.05, 4.69) is 17.3 Å². The summed E-state index contributed by atoms with van der Waals surface area (Å²) < 4.78 is 0. The second kappa shape index (κ2) is 5.46. The van der Waals surface area contributed by atoms with Crippen molar-refractivity contribution in [1.82, 2.24) is 20.0 Å². The highest BCUT2D eigenvalue weighted by atomic mass is 16.2. The van der Waals surface area contributed by atoms with Crippen LogP contribution in [0.3, 0.4) is 0 Å². The first-order chi connectivity index (χ1) is 8.16. The Morgan fingerprint density at radius 2 is 1.94 bits per heavy atom. The quantitative estimate of drug-likeness (QED) is 0.618. The van der Waals surface area contributed by atoms with E-state index in [1.807, 2.05) is 4.90 Å². The molecule has 6 heteroatoms. The molecule has 0 aromatic carbocycles. The molecular formula is C11H20N4O2. The predicted molar refractivity (Wildman–Crippen MR) is 63.5 cm³/mol. The van der Waals surface area contributed by atoms with Crippen LogP contribution in [-0.4, -0.2) is 85.9 Å². The number of carbonyl (C=O) groups is 2. The smallest absolute Gasteiger partial charge is 0.242 e. The molecule has 0 unspecified atom stereocenters. The molecule has 96 valence electrons. The van der Waals surface area contributed by atoms with Gasteiger partial charge in [0.15, 0.2) is 0 Å². The number of carbonyl (C=O) groups excluding carboxylic acids is 2. The molecule has 0 aromatic heterocycles. The van der Waals surface area contributed by atoms with Gasteiger partial charge in [0.2, 0.25) is 11.8 Å². The first kappa shape index (κ1) is 12.3. The van der Waals surface area contributed by atoms with Gasteiger partial charge in [-0.1, -0.05) is 0 Å². The Hall–Kier alpha value is -1.14. The van der Waals surface area contributed by atoms with Gasteiger partial charge < -0.3 is 20.0 Å². The van der Waals surface area contributed by atoms with Gasteiger partial charge in [-0.3, -0.25) is 9.59 Å². The lowest BCUT2D eigenvalue weighted by molar-refractivity contribution is -0.142. The van der Waals surface area contributed by atoms with Gasteiger partial charge in [0, 0.05) is 39.3 Å². The van der Waals surface area contributed by atoms with Crippen LogP contribution >= 0.6 is 0 Å². The molecule has 17 heavy (non-hydrogen) atoms. The van der Waals surface area contributed by atoms with Gasteiger partial charge in [0.05, 0.1) is 13.1 Å². The second-order valence-electron chi connectivity index (χ2n) is 4.68. The second-order valence-corrected chi connectivity index (χ2v) is 4.68. The number of piperazine rings is 2. The lowest BCUT2D eigenvalue weighted by Crippen LogP contribution is -2.54. The average Bonchev–Trinajstić information content (AvgIpc) is 2.33. The normalized spacial score (nSPS) is 23.0. The summed E-state index contributed by atoms with van der Waals surface area (Å²) in [6.07, 6.45) is 0. The van der Waals surface area contributed by atoms with E-state index < -0.39 is 0 Å². The zero-order valence-corrected chi connectivity index (χ0v) is 10.3. The van der Waals surface area contributed by atoms with Gasteiger partial charge in [-0.15, -0.1) is 0 Å². The van der Waals surface area contributed by atoms with E-state index in [1.54, 1.807) is 4.90 Å². The summed E-state index contributed by atoms with van der Waals surface area (Å²) in [5.74, 6) is 0.104. The van der Waals surface area contributed by atoms with Crippen LogP contribution in [0.25, 0.3) is 0 Å². The van der Waals surface area contributed by atoms with Crippen molar-refractivity contribution in [3.8, 4) is 0 Å². The summed E-state index contributed by atoms with van der Waals surface area (Å²) in [5.41, 5.74) is 0. The Morgan fingerprint density at radius 1 is 1.24 bits per heavy atom. The van der Waals surface area contributed by atoms with Crippen LogP contribution < -0.4 is 5.32 Å². The lowest BCUT2D eigenvalue weighted by atomic mass is 10.3. The Kier molecular flexibility index (Phi) is 3.96. The number of likely N-dealkylation sites (N-methyl/N-ethyl adjacent to an activating group) is 1. The Labute approximate surface area is 102 Å². The topological polar surface area (TPSA) is 55.9 Å². The fraction of sp³-hybridized carbons (Fsp3) is 0.818. The molecule has 0 spiro atoms. The number of hydrogen-bond donors (Lipinski definition) is 1. The Bertz CT molecular complexity index is 300. The molecule has 2 fully saturated rings. The van der Waals surface area contributed by atoms with Gasteiger partial charge in [0.1, 0.15) is 0 Å². The summed E-state index contributed by atoms with van der Waals surface area (Å²) in [5, 5.41) is 3.00. The van der Waals surface area contributed by atoms with Gasteiger partial charge in [-0.25, -0.2) is 0 Å². The minimum Gasteiger partial charge on any atom is -0.339 e. The van der Waals surface area contributed by atoms with Crippen LogP contribution in [0.15, 0.2) is 0 Å². The molecule has 2 rings (SSSR count). The molecule has 0 saturated carbocycles. The highest BCUT2D eigenvalue weighted by Crippen LogP contribution is 2.02. The minimum absolute atomic E-state index is 0.0266. The maximum Gasteiger partial charge on any atom is 0.242 e. The molecule has 0 radical (unpaired) electrons. The maximum absolute atomic E-state index is 12.0.